The highest BCUT2D eigenvalue weighted by Crippen LogP contribution is 2.21. The summed E-state index contributed by atoms with van der Waals surface area (Å²) in [7, 11) is 7.31. The van der Waals surface area contributed by atoms with Crippen molar-refractivity contribution in [1.29, 1.82) is 0 Å². The summed E-state index contributed by atoms with van der Waals surface area (Å²) >= 11 is 0. The number of carbonyl (C=O) groups is 4. The molecule has 0 N–H and O–H groups in total. The van der Waals surface area contributed by atoms with Gasteiger partial charge < -0.3 is 0 Å². The highest BCUT2D eigenvalue weighted by atomic mass is 16.2. The van der Waals surface area contributed by atoms with Crippen molar-refractivity contribution in [1.82, 2.24) is 9.80 Å². The Balaban J connectivity index is 2.20. The van der Waals surface area contributed by atoms with Crippen molar-refractivity contribution in [3.05, 3.63) is 70.8 Å². The van der Waals surface area contributed by atoms with Gasteiger partial charge in [-0.15, -0.1) is 0 Å². The summed E-state index contributed by atoms with van der Waals surface area (Å²) in [5.74, 6) is -1.48. The van der Waals surface area contributed by atoms with E-state index < -0.39 is 22.6 Å². The Labute approximate surface area is 190 Å². The van der Waals surface area contributed by atoms with Gasteiger partial charge in [-0.3, -0.25) is 29.0 Å². The summed E-state index contributed by atoms with van der Waals surface area (Å²) < 4.78 is 0. The number of hydrogen-bond donors (Lipinski definition) is 0. The number of likely N-dealkylation sites (N-methyl/N-ethyl adjacent to an activating group) is 2. The lowest BCUT2D eigenvalue weighted by atomic mass is 9.90. The van der Waals surface area contributed by atoms with E-state index in [1.165, 1.54) is 24.3 Å². The van der Waals surface area contributed by atoms with Gasteiger partial charge in [0.05, 0.1) is 11.1 Å². The predicted octanol–water partition coefficient (Wildman–Crippen LogP) is 3.80. The van der Waals surface area contributed by atoms with Crippen molar-refractivity contribution in [2.24, 2.45) is 0 Å². The van der Waals surface area contributed by atoms with E-state index in [0.29, 0.717) is 11.1 Å². The molecule has 2 aromatic carbocycles. The van der Waals surface area contributed by atoms with Gasteiger partial charge >= 0.3 is 0 Å². The van der Waals surface area contributed by atoms with E-state index in [1.807, 2.05) is 65.7 Å². The van der Waals surface area contributed by atoms with Crippen LogP contribution in [0.3, 0.4) is 0 Å². The second-order valence-corrected chi connectivity index (χ2v) is 9.38. The molecule has 0 aliphatic rings. The Morgan fingerprint density at radius 1 is 0.500 bits per heavy atom. The molecular formula is C26H32N2O4. The minimum Gasteiger partial charge on any atom is -0.297 e. The molecule has 0 radical (unpaired) electrons. The second-order valence-electron chi connectivity index (χ2n) is 9.38. The molecule has 0 spiro atoms. The average molecular weight is 437 g/mol. The van der Waals surface area contributed by atoms with E-state index in [4.69, 9.17) is 0 Å². The third-order valence-electron chi connectivity index (χ3n) is 6.37. The molecular weight excluding hydrogens is 404 g/mol. The molecule has 2 aromatic rings. The Bertz CT molecular complexity index is 945. The molecule has 6 heteroatoms. The molecule has 0 aromatic heterocycles. The van der Waals surface area contributed by atoms with Crippen LogP contribution in [0.4, 0.5) is 0 Å². The van der Waals surface area contributed by atoms with Crippen molar-refractivity contribution in [3.8, 4) is 0 Å². The fraction of sp³-hybridized carbons (Fsp3) is 0.385. The molecule has 0 atom stereocenters. The zero-order chi connectivity index (χ0) is 24.4. The van der Waals surface area contributed by atoms with Gasteiger partial charge in [-0.1, -0.05) is 48.5 Å². The minimum atomic E-state index is -0.693. The Morgan fingerprint density at radius 3 is 0.938 bits per heavy atom. The maximum Gasteiger partial charge on any atom is 0.233 e. The number of carbonyl (C=O) groups excluding carboxylic acids is 4. The number of hydrogen-bond acceptors (Lipinski definition) is 6. The van der Waals surface area contributed by atoms with Gasteiger partial charge in [0.15, 0.2) is 11.6 Å². The van der Waals surface area contributed by atoms with E-state index >= 15 is 0 Å². The maximum absolute atomic E-state index is 12.7. The van der Waals surface area contributed by atoms with E-state index in [2.05, 4.69) is 0 Å². The molecule has 0 amide bonds. The molecule has 0 bridgehead atoms. The third-order valence-corrected chi connectivity index (χ3v) is 6.37. The summed E-state index contributed by atoms with van der Waals surface area (Å²) in [4.78, 5) is 54.5. The average Bonchev–Trinajstić information content (AvgIpc) is 2.76. The first-order valence-corrected chi connectivity index (χ1v) is 10.4. The maximum atomic E-state index is 12.7. The molecule has 0 unspecified atom stereocenters. The van der Waals surface area contributed by atoms with Crippen molar-refractivity contribution in [3.63, 3.8) is 0 Å². The fourth-order valence-corrected chi connectivity index (χ4v) is 2.92. The molecule has 0 fully saturated rings. The Morgan fingerprint density at radius 2 is 0.719 bits per heavy atom. The van der Waals surface area contributed by atoms with E-state index in [0.717, 1.165) is 0 Å². The van der Waals surface area contributed by atoms with Crippen LogP contribution in [-0.4, -0.2) is 72.2 Å². The molecule has 0 aliphatic heterocycles. The van der Waals surface area contributed by atoms with Gasteiger partial charge in [-0.05, 0) is 55.9 Å². The molecule has 0 heterocycles. The van der Waals surface area contributed by atoms with Gasteiger partial charge in [-0.2, -0.15) is 0 Å². The van der Waals surface area contributed by atoms with Gasteiger partial charge in [-0.25, -0.2) is 0 Å². The molecule has 0 aliphatic carbocycles. The van der Waals surface area contributed by atoms with Gasteiger partial charge in [0, 0.05) is 22.3 Å². The van der Waals surface area contributed by atoms with Crippen LogP contribution in [0.15, 0.2) is 48.5 Å². The van der Waals surface area contributed by atoms with Crippen LogP contribution < -0.4 is 0 Å². The smallest absolute Gasteiger partial charge is 0.233 e. The quantitative estimate of drug-likeness (QED) is 0.440. The van der Waals surface area contributed by atoms with Gasteiger partial charge in [0.25, 0.3) is 0 Å². The van der Waals surface area contributed by atoms with Gasteiger partial charge in [0.1, 0.15) is 0 Å². The minimum absolute atomic E-state index is 0.0753. The summed E-state index contributed by atoms with van der Waals surface area (Å²) in [6, 6.07) is 12.3. The number of Topliss-reactive ketones (excluding diaryl/α,β-unsaturated/α-hetero) is 4. The van der Waals surface area contributed by atoms with E-state index in [9.17, 15) is 19.2 Å². The SMILES string of the molecule is CN(C)C(C)(C)C(=O)c1ccc(C(=O)C(=O)c2ccc(C(=O)C(C)(C)N(C)C)cc2)cc1. The first kappa shape index (κ1) is 25.3. The number of nitrogens with zero attached hydrogens (tertiary/aromatic N) is 2. The molecule has 6 nitrogen and oxygen atoms in total. The van der Waals surface area contributed by atoms with Crippen molar-refractivity contribution < 1.29 is 19.2 Å². The van der Waals surface area contributed by atoms with Crippen molar-refractivity contribution >= 4 is 23.1 Å². The monoisotopic (exact) mass is 436 g/mol. The predicted molar refractivity (Wildman–Crippen MR) is 126 cm³/mol. The second kappa shape index (κ2) is 9.27. The van der Waals surface area contributed by atoms with Crippen LogP contribution >= 0.6 is 0 Å². The standard InChI is InChI=1S/C26H32N2O4/c1-25(2,27(5)6)23(31)19-13-9-17(10-14-19)21(29)22(30)18-11-15-20(16-12-18)24(32)26(3,4)28(7)8/h9-16H,1-8H3. The normalized spacial score (nSPS) is 12.2. The fourth-order valence-electron chi connectivity index (χ4n) is 2.92. The summed E-state index contributed by atoms with van der Waals surface area (Å²) in [5.41, 5.74) is -0.0204. The van der Waals surface area contributed by atoms with Crippen LogP contribution in [-0.2, 0) is 0 Å². The topological polar surface area (TPSA) is 74.8 Å². The largest absolute Gasteiger partial charge is 0.297 e. The molecule has 0 saturated heterocycles. The number of benzene rings is 2. The van der Waals surface area contributed by atoms with Crippen LogP contribution in [0.5, 0.6) is 0 Å². The van der Waals surface area contributed by atoms with E-state index in [1.54, 1.807) is 24.3 Å². The molecule has 32 heavy (non-hydrogen) atoms. The lowest BCUT2D eigenvalue weighted by Crippen LogP contribution is -2.45. The number of rotatable bonds is 9. The first-order chi connectivity index (χ1) is 14.7. The highest BCUT2D eigenvalue weighted by molar-refractivity contribution is 6.49. The summed E-state index contributed by atoms with van der Waals surface area (Å²) in [6.07, 6.45) is 0. The zero-order valence-corrected chi connectivity index (χ0v) is 20.1. The molecule has 170 valence electrons. The Kier molecular flexibility index (Phi) is 7.33. The van der Waals surface area contributed by atoms with Crippen molar-refractivity contribution in [2.45, 2.75) is 38.8 Å². The van der Waals surface area contributed by atoms with Crippen molar-refractivity contribution in [2.75, 3.05) is 28.2 Å². The first-order valence-electron chi connectivity index (χ1n) is 10.4. The summed E-state index contributed by atoms with van der Waals surface area (Å²) in [5, 5.41) is 0. The zero-order valence-electron chi connectivity index (χ0n) is 20.1. The lowest BCUT2D eigenvalue weighted by Gasteiger charge is -2.30. The molecule has 2 rings (SSSR count). The summed E-state index contributed by atoms with van der Waals surface area (Å²) in [6.45, 7) is 7.30. The highest BCUT2D eigenvalue weighted by Gasteiger charge is 2.32. The molecule has 0 saturated carbocycles. The van der Waals surface area contributed by atoms with Crippen LogP contribution in [0, 0.1) is 0 Å². The van der Waals surface area contributed by atoms with E-state index in [-0.39, 0.29) is 22.7 Å². The lowest BCUT2D eigenvalue weighted by molar-refractivity contribution is 0.0749. The van der Waals surface area contributed by atoms with Crippen LogP contribution in [0.1, 0.15) is 69.1 Å². The number of ketones is 4. The van der Waals surface area contributed by atoms with Gasteiger partial charge in [0.2, 0.25) is 11.6 Å². The van der Waals surface area contributed by atoms with Crippen LogP contribution in [0.2, 0.25) is 0 Å². The third kappa shape index (κ3) is 4.92. The van der Waals surface area contributed by atoms with Crippen LogP contribution in [0.25, 0.3) is 0 Å². The Hall–Kier alpha value is -2.96.